The molecule has 3 heterocycles. The van der Waals surface area contributed by atoms with Crippen LogP contribution in [0.2, 0.25) is 5.02 Å². The van der Waals surface area contributed by atoms with Crippen molar-refractivity contribution in [2.24, 2.45) is 10.9 Å². The van der Waals surface area contributed by atoms with Crippen LogP contribution in [-0.2, 0) is 23.2 Å². The number of thiophene rings is 1. The van der Waals surface area contributed by atoms with E-state index in [0.717, 1.165) is 65.6 Å². The molecule has 1 saturated carbocycles. The van der Waals surface area contributed by atoms with E-state index in [1.807, 2.05) is 43.1 Å². The number of carbonyl (C=O) groups is 1. The number of benzene rings is 1. The van der Waals surface area contributed by atoms with Gasteiger partial charge < -0.3 is 10.0 Å². The average Bonchev–Trinajstić information content (AvgIpc) is 3.53. The Kier molecular flexibility index (Phi) is 6.05. The first-order chi connectivity index (χ1) is 17.7. The number of hydrogen-bond donors (Lipinski definition) is 1. The third kappa shape index (κ3) is 4.04. The van der Waals surface area contributed by atoms with Crippen LogP contribution in [-0.4, -0.2) is 55.6 Å². The second-order valence-corrected chi connectivity index (χ2v) is 12.6. The number of aliphatic hydroxyl groups excluding tert-OH is 1. The van der Waals surface area contributed by atoms with Crippen LogP contribution in [0.15, 0.2) is 29.3 Å². The van der Waals surface area contributed by atoms with Gasteiger partial charge in [0.25, 0.3) is 0 Å². The van der Waals surface area contributed by atoms with Gasteiger partial charge in [0.15, 0.2) is 5.82 Å². The molecule has 3 aliphatic rings. The lowest BCUT2D eigenvalue weighted by atomic mass is 9.91. The molecule has 0 spiro atoms. The number of hydrogen-bond acceptors (Lipinski definition) is 6. The normalized spacial score (nSPS) is 24.1. The van der Waals surface area contributed by atoms with Crippen LogP contribution in [0.25, 0.3) is 5.00 Å². The highest BCUT2D eigenvalue weighted by molar-refractivity contribution is 7.15. The van der Waals surface area contributed by atoms with Crippen molar-refractivity contribution in [3.63, 3.8) is 0 Å². The summed E-state index contributed by atoms with van der Waals surface area (Å²) < 4.78 is 2.14. The zero-order valence-electron chi connectivity index (χ0n) is 21.7. The molecule has 1 N–H and O–H groups in total. The van der Waals surface area contributed by atoms with Gasteiger partial charge in [0.05, 0.1) is 11.8 Å². The largest absolute Gasteiger partial charge is 0.393 e. The number of rotatable bonds is 3. The molecule has 2 aliphatic carbocycles. The number of nitrogens with zero attached hydrogens (tertiary/aromatic N) is 5. The first-order valence-electron chi connectivity index (χ1n) is 13.0. The maximum absolute atomic E-state index is 13.6. The van der Waals surface area contributed by atoms with Gasteiger partial charge in [0.1, 0.15) is 16.4 Å². The molecule has 2 aromatic heterocycles. The number of aliphatic imine (C=N–C) groups is 1. The molecular formula is C28H32ClN5O2S. The van der Waals surface area contributed by atoms with Gasteiger partial charge >= 0.3 is 0 Å². The van der Waals surface area contributed by atoms with Gasteiger partial charge in [-0.15, -0.1) is 21.5 Å². The Hall–Kier alpha value is -2.55. The molecule has 194 valence electrons. The lowest BCUT2D eigenvalue weighted by molar-refractivity contribution is -0.137. The summed E-state index contributed by atoms with van der Waals surface area (Å²) in [7, 11) is 1.93. The molecule has 0 saturated heterocycles. The SMILES string of the molecule is Cc1nnc2n1-c1sc3c(c1C(c1ccccc1Cl)=NC2(C)C)C[C@H](C(=O)N(C)[C@H]1CC[C@H](O)CC1)C3. The summed E-state index contributed by atoms with van der Waals surface area (Å²) in [6.07, 6.45) is 4.43. The van der Waals surface area contributed by atoms with E-state index >= 15 is 0 Å². The van der Waals surface area contributed by atoms with E-state index in [-0.39, 0.29) is 24.0 Å². The number of aryl methyl sites for hydroxylation is 1. The summed E-state index contributed by atoms with van der Waals surface area (Å²) in [4.78, 5) is 22.1. The minimum atomic E-state index is -0.610. The Morgan fingerprint density at radius 1 is 1.16 bits per heavy atom. The molecule has 3 aromatic rings. The Labute approximate surface area is 226 Å². The van der Waals surface area contributed by atoms with Crippen LogP contribution in [0.4, 0.5) is 0 Å². The minimum absolute atomic E-state index is 0.0892. The van der Waals surface area contributed by atoms with Crippen molar-refractivity contribution in [3.8, 4) is 5.00 Å². The second kappa shape index (κ2) is 9.03. The van der Waals surface area contributed by atoms with Crippen molar-refractivity contribution >= 4 is 34.6 Å². The van der Waals surface area contributed by atoms with Crippen molar-refractivity contribution in [1.29, 1.82) is 0 Å². The molecule has 1 aliphatic heterocycles. The quantitative estimate of drug-likeness (QED) is 0.517. The van der Waals surface area contributed by atoms with Crippen LogP contribution >= 0.6 is 22.9 Å². The summed E-state index contributed by atoms with van der Waals surface area (Å²) in [5.74, 6) is 1.74. The molecule has 6 rings (SSSR count). The summed E-state index contributed by atoms with van der Waals surface area (Å²) >= 11 is 8.46. The number of fused-ring (bicyclic) bond motifs is 5. The molecular weight excluding hydrogens is 506 g/mol. The fourth-order valence-electron chi connectivity index (χ4n) is 6.15. The van der Waals surface area contributed by atoms with Crippen LogP contribution in [0.5, 0.6) is 0 Å². The van der Waals surface area contributed by atoms with Gasteiger partial charge in [0.2, 0.25) is 5.91 Å². The highest BCUT2D eigenvalue weighted by Crippen LogP contribution is 2.46. The zero-order valence-corrected chi connectivity index (χ0v) is 23.2. The van der Waals surface area contributed by atoms with E-state index in [1.165, 1.54) is 10.4 Å². The van der Waals surface area contributed by atoms with Crippen LogP contribution in [0, 0.1) is 12.8 Å². The fraction of sp³-hybridized carbons (Fsp3) is 0.500. The number of carbonyl (C=O) groups excluding carboxylic acids is 1. The number of aliphatic hydroxyl groups is 1. The lowest BCUT2D eigenvalue weighted by Crippen LogP contribution is -2.43. The van der Waals surface area contributed by atoms with E-state index in [4.69, 9.17) is 16.6 Å². The van der Waals surface area contributed by atoms with Crippen LogP contribution < -0.4 is 0 Å². The van der Waals surface area contributed by atoms with Crippen LogP contribution in [0.3, 0.4) is 0 Å². The molecule has 37 heavy (non-hydrogen) atoms. The van der Waals surface area contributed by atoms with Gasteiger partial charge in [-0.2, -0.15) is 0 Å². The monoisotopic (exact) mass is 537 g/mol. The summed E-state index contributed by atoms with van der Waals surface area (Å²) in [6.45, 7) is 6.09. The molecule has 1 aromatic carbocycles. The first-order valence-corrected chi connectivity index (χ1v) is 14.2. The van der Waals surface area contributed by atoms with E-state index in [0.29, 0.717) is 11.4 Å². The van der Waals surface area contributed by atoms with Crippen molar-refractivity contribution < 1.29 is 9.90 Å². The molecule has 0 bridgehead atoms. The van der Waals surface area contributed by atoms with Crippen LogP contribution in [0.1, 0.15) is 72.7 Å². The van der Waals surface area contributed by atoms with Gasteiger partial charge in [0, 0.05) is 40.0 Å². The Morgan fingerprint density at radius 3 is 2.62 bits per heavy atom. The van der Waals surface area contributed by atoms with Crippen molar-refractivity contribution in [2.75, 3.05) is 7.05 Å². The molecule has 9 heteroatoms. The van der Waals surface area contributed by atoms with E-state index in [9.17, 15) is 9.90 Å². The lowest BCUT2D eigenvalue weighted by Gasteiger charge is -2.34. The first kappa shape index (κ1) is 24.8. The highest BCUT2D eigenvalue weighted by Gasteiger charge is 2.41. The predicted octanol–water partition coefficient (Wildman–Crippen LogP) is 4.85. The van der Waals surface area contributed by atoms with Gasteiger partial charge in [-0.25, -0.2) is 0 Å². The van der Waals surface area contributed by atoms with Gasteiger partial charge in [-0.1, -0.05) is 29.8 Å². The van der Waals surface area contributed by atoms with E-state index in [1.54, 1.807) is 11.3 Å². The predicted molar refractivity (Wildman–Crippen MR) is 146 cm³/mol. The van der Waals surface area contributed by atoms with Crippen molar-refractivity contribution in [3.05, 3.63) is 62.5 Å². The maximum Gasteiger partial charge on any atom is 0.226 e. The standard InChI is InChI=1S/C28H32ClN5O2S/c1-15-31-32-27-28(2,3)30-24(19-7-5-6-8-21(19)29)23-20-13-16(14-22(20)37-26(23)34(15)27)25(36)33(4)17-9-11-18(35)12-10-17/h5-8,16-18,35H,9-14H2,1-4H3/t16-,17-,18-/m0/s1. The van der Waals surface area contributed by atoms with Gasteiger partial charge in [-0.3, -0.25) is 14.4 Å². The average molecular weight is 538 g/mol. The molecule has 0 unspecified atom stereocenters. The maximum atomic E-state index is 13.6. The topological polar surface area (TPSA) is 83.6 Å². The van der Waals surface area contributed by atoms with E-state index < -0.39 is 5.54 Å². The Balaban J connectivity index is 1.42. The number of aromatic nitrogens is 3. The molecule has 7 nitrogen and oxygen atoms in total. The number of amides is 1. The highest BCUT2D eigenvalue weighted by atomic mass is 35.5. The molecule has 1 fully saturated rings. The minimum Gasteiger partial charge on any atom is -0.393 e. The summed E-state index contributed by atoms with van der Waals surface area (Å²) in [5.41, 5.74) is 3.39. The molecule has 1 atom stereocenters. The second-order valence-electron chi connectivity index (χ2n) is 11.1. The zero-order chi connectivity index (χ0) is 26.1. The molecule has 1 amide bonds. The molecule has 0 radical (unpaired) electrons. The summed E-state index contributed by atoms with van der Waals surface area (Å²) in [5, 5.41) is 20.5. The van der Waals surface area contributed by atoms with Crippen molar-refractivity contribution in [2.45, 2.75) is 77.0 Å². The fourth-order valence-corrected chi connectivity index (χ4v) is 7.83. The van der Waals surface area contributed by atoms with E-state index in [2.05, 4.69) is 28.6 Å². The Morgan fingerprint density at radius 2 is 1.89 bits per heavy atom. The number of halogens is 1. The Bertz CT molecular complexity index is 1420. The third-order valence-corrected chi connectivity index (χ3v) is 9.77. The van der Waals surface area contributed by atoms with Crippen molar-refractivity contribution in [1.82, 2.24) is 19.7 Å². The smallest absolute Gasteiger partial charge is 0.226 e. The van der Waals surface area contributed by atoms with Gasteiger partial charge in [-0.05, 0) is 70.9 Å². The summed E-state index contributed by atoms with van der Waals surface area (Å²) in [6, 6.07) is 8.04. The third-order valence-electron chi connectivity index (χ3n) is 8.20.